The molecule has 1 aromatic heterocycles. The van der Waals surface area contributed by atoms with Gasteiger partial charge in [0.25, 0.3) is 0 Å². The van der Waals surface area contributed by atoms with Crippen LogP contribution in [-0.2, 0) is 6.18 Å². The van der Waals surface area contributed by atoms with E-state index in [9.17, 15) is 18.3 Å². The Morgan fingerprint density at radius 1 is 0.750 bits per heavy atom. The topological polar surface area (TPSA) is 58.0 Å². The van der Waals surface area contributed by atoms with Crippen molar-refractivity contribution in [2.24, 2.45) is 0 Å². The quantitative estimate of drug-likeness (QED) is 0.443. The molecule has 0 saturated carbocycles. The lowest BCUT2D eigenvalue weighted by Gasteiger charge is -2.12. The first-order chi connectivity index (χ1) is 13.4. The third-order valence-corrected chi connectivity index (χ3v) is 4.30. The zero-order valence-electron chi connectivity index (χ0n) is 14.4. The lowest BCUT2D eigenvalue weighted by Crippen LogP contribution is -2.04. The number of hydrogen-bond donors (Lipinski definition) is 2. The minimum absolute atomic E-state index is 0.152. The Balaban J connectivity index is 1.76. The van der Waals surface area contributed by atoms with Crippen LogP contribution in [0.25, 0.3) is 22.0 Å². The van der Waals surface area contributed by atoms with Crippen LogP contribution in [0.1, 0.15) is 5.56 Å². The molecule has 0 bridgehead atoms. The Hall–Kier alpha value is -3.61. The second-order valence-corrected chi connectivity index (χ2v) is 6.19. The average Bonchev–Trinajstić information content (AvgIpc) is 2.69. The van der Waals surface area contributed by atoms with Crippen molar-refractivity contribution in [3.63, 3.8) is 0 Å². The van der Waals surface area contributed by atoms with E-state index in [0.717, 1.165) is 28.6 Å². The second-order valence-electron chi connectivity index (χ2n) is 6.19. The van der Waals surface area contributed by atoms with Crippen LogP contribution in [0.3, 0.4) is 0 Å². The molecule has 28 heavy (non-hydrogen) atoms. The number of anilines is 2. The molecule has 0 radical (unpaired) electrons. The van der Waals surface area contributed by atoms with Gasteiger partial charge in [-0.15, -0.1) is 10.2 Å². The third-order valence-electron chi connectivity index (χ3n) is 4.30. The molecule has 4 nitrogen and oxygen atoms in total. The number of nitrogens with one attached hydrogen (secondary N) is 1. The lowest BCUT2D eigenvalue weighted by molar-refractivity contribution is -0.137. The maximum Gasteiger partial charge on any atom is 0.416 e. The minimum atomic E-state index is -4.38. The lowest BCUT2D eigenvalue weighted by atomic mass is 10.0. The monoisotopic (exact) mass is 381 g/mol. The van der Waals surface area contributed by atoms with Crippen molar-refractivity contribution in [1.82, 2.24) is 10.2 Å². The molecule has 0 fully saturated rings. The highest BCUT2D eigenvalue weighted by atomic mass is 19.4. The van der Waals surface area contributed by atoms with Gasteiger partial charge in [-0.3, -0.25) is 0 Å². The van der Waals surface area contributed by atoms with E-state index in [1.165, 1.54) is 12.1 Å². The number of alkyl halides is 3. The number of phenolic OH excluding ortho intramolecular Hbond substituents is 1. The number of aromatic nitrogens is 2. The van der Waals surface area contributed by atoms with E-state index < -0.39 is 11.7 Å². The molecule has 7 heteroatoms. The molecule has 1 heterocycles. The van der Waals surface area contributed by atoms with E-state index in [0.29, 0.717) is 17.1 Å². The van der Waals surface area contributed by atoms with Gasteiger partial charge in [0.2, 0.25) is 0 Å². The summed E-state index contributed by atoms with van der Waals surface area (Å²) < 4.78 is 38.4. The van der Waals surface area contributed by atoms with E-state index in [4.69, 9.17) is 0 Å². The van der Waals surface area contributed by atoms with Gasteiger partial charge in [0.1, 0.15) is 11.4 Å². The van der Waals surface area contributed by atoms with E-state index in [-0.39, 0.29) is 5.75 Å². The van der Waals surface area contributed by atoms with Crippen LogP contribution in [-0.4, -0.2) is 15.3 Å². The molecule has 0 amide bonds. The van der Waals surface area contributed by atoms with Crippen molar-refractivity contribution in [1.29, 1.82) is 0 Å². The van der Waals surface area contributed by atoms with Crippen molar-refractivity contribution in [2.75, 3.05) is 5.32 Å². The third kappa shape index (κ3) is 3.46. The van der Waals surface area contributed by atoms with Gasteiger partial charge in [-0.2, -0.15) is 13.2 Å². The van der Waals surface area contributed by atoms with E-state index >= 15 is 0 Å². The molecule has 4 aromatic rings. The molecule has 0 unspecified atom stereocenters. The summed E-state index contributed by atoms with van der Waals surface area (Å²) in [6, 6.07) is 18.8. The van der Waals surface area contributed by atoms with Gasteiger partial charge in [0.05, 0.1) is 5.56 Å². The smallest absolute Gasteiger partial charge is 0.416 e. The molecule has 4 rings (SSSR count). The number of rotatable bonds is 3. The summed E-state index contributed by atoms with van der Waals surface area (Å²) in [6.07, 6.45) is -4.38. The second kappa shape index (κ2) is 6.84. The zero-order valence-corrected chi connectivity index (χ0v) is 14.4. The molecular weight excluding hydrogens is 367 g/mol. The predicted molar refractivity (Wildman–Crippen MR) is 101 cm³/mol. The van der Waals surface area contributed by atoms with Gasteiger partial charge in [0.15, 0.2) is 5.82 Å². The summed E-state index contributed by atoms with van der Waals surface area (Å²) in [7, 11) is 0. The normalized spacial score (nSPS) is 11.5. The first-order valence-electron chi connectivity index (χ1n) is 8.41. The predicted octanol–water partition coefficient (Wildman–Crippen LogP) is 5.76. The Morgan fingerprint density at radius 2 is 1.39 bits per heavy atom. The number of benzene rings is 3. The maximum atomic E-state index is 12.8. The minimum Gasteiger partial charge on any atom is -0.508 e. The molecular formula is C21H14F3N3O. The number of fused-ring (bicyclic) bond motifs is 1. The summed E-state index contributed by atoms with van der Waals surface area (Å²) >= 11 is 0. The van der Waals surface area contributed by atoms with Gasteiger partial charge in [0, 0.05) is 22.0 Å². The fourth-order valence-corrected chi connectivity index (χ4v) is 2.91. The Kier molecular flexibility index (Phi) is 4.35. The van der Waals surface area contributed by atoms with Crippen LogP contribution < -0.4 is 5.32 Å². The summed E-state index contributed by atoms with van der Waals surface area (Å²) in [5.74, 6) is 0.663. The Bertz CT molecular complexity index is 1120. The zero-order chi connectivity index (χ0) is 19.7. The van der Waals surface area contributed by atoms with E-state index in [2.05, 4.69) is 15.5 Å². The van der Waals surface area contributed by atoms with Crippen LogP contribution >= 0.6 is 0 Å². The van der Waals surface area contributed by atoms with E-state index in [1.807, 2.05) is 24.3 Å². The molecule has 0 aliphatic heterocycles. The molecule has 2 N–H and O–H groups in total. The summed E-state index contributed by atoms with van der Waals surface area (Å²) in [5, 5.41) is 22.6. The average molecular weight is 381 g/mol. The number of phenols is 1. The fourth-order valence-electron chi connectivity index (χ4n) is 2.91. The summed E-state index contributed by atoms with van der Waals surface area (Å²) in [5.41, 5.74) is 1.06. The van der Waals surface area contributed by atoms with Crippen LogP contribution in [0, 0.1) is 0 Å². The highest BCUT2D eigenvalue weighted by Crippen LogP contribution is 2.34. The van der Waals surface area contributed by atoms with Crippen LogP contribution in [0.5, 0.6) is 5.75 Å². The molecule has 140 valence electrons. The fraction of sp³-hybridized carbons (Fsp3) is 0.0476. The molecule has 0 atom stereocenters. The van der Waals surface area contributed by atoms with E-state index in [1.54, 1.807) is 24.3 Å². The SMILES string of the molecule is Oc1ccc(Nc2nnc(-c3ccc(C(F)(F)F)cc3)c3ccccc23)cc1. The molecule has 0 aliphatic carbocycles. The molecule has 0 aliphatic rings. The largest absolute Gasteiger partial charge is 0.508 e. The van der Waals surface area contributed by atoms with Crippen LogP contribution in [0.15, 0.2) is 72.8 Å². The van der Waals surface area contributed by atoms with Gasteiger partial charge < -0.3 is 10.4 Å². The van der Waals surface area contributed by atoms with Crippen molar-refractivity contribution < 1.29 is 18.3 Å². The van der Waals surface area contributed by atoms with Crippen molar-refractivity contribution in [2.45, 2.75) is 6.18 Å². The van der Waals surface area contributed by atoms with Gasteiger partial charge in [-0.05, 0) is 36.4 Å². The number of aromatic hydroxyl groups is 1. The number of halogens is 3. The molecule has 0 spiro atoms. The summed E-state index contributed by atoms with van der Waals surface area (Å²) in [4.78, 5) is 0. The first-order valence-corrected chi connectivity index (χ1v) is 8.41. The van der Waals surface area contributed by atoms with Crippen molar-refractivity contribution in [3.8, 4) is 17.0 Å². The van der Waals surface area contributed by atoms with Gasteiger partial charge >= 0.3 is 6.18 Å². The number of nitrogens with zero attached hydrogens (tertiary/aromatic N) is 2. The molecule has 3 aromatic carbocycles. The standard InChI is InChI=1S/C21H14F3N3O/c22-21(23,24)14-7-5-13(6-8-14)19-17-3-1-2-4-18(17)20(27-26-19)25-15-9-11-16(28)12-10-15/h1-12,28H,(H,25,27). The van der Waals surface area contributed by atoms with Crippen molar-refractivity contribution >= 4 is 22.3 Å². The highest BCUT2D eigenvalue weighted by Gasteiger charge is 2.30. The first kappa shape index (κ1) is 17.8. The Labute approximate surface area is 158 Å². The summed E-state index contributed by atoms with van der Waals surface area (Å²) in [6.45, 7) is 0. The Morgan fingerprint density at radius 3 is 2.04 bits per heavy atom. The molecule has 0 saturated heterocycles. The maximum absolute atomic E-state index is 12.8. The van der Waals surface area contributed by atoms with Crippen molar-refractivity contribution in [3.05, 3.63) is 78.4 Å². The van der Waals surface area contributed by atoms with Crippen LogP contribution in [0.4, 0.5) is 24.7 Å². The number of hydrogen-bond acceptors (Lipinski definition) is 4. The van der Waals surface area contributed by atoms with Gasteiger partial charge in [-0.25, -0.2) is 0 Å². The highest BCUT2D eigenvalue weighted by molar-refractivity contribution is 6.00. The van der Waals surface area contributed by atoms with Gasteiger partial charge in [-0.1, -0.05) is 36.4 Å². The van der Waals surface area contributed by atoms with Crippen LogP contribution in [0.2, 0.25) is 0 Å².